The van der Waals surface area contributed by atoms with Crippen LogP contribution in [0.3, 0.4) is 0 Å². The number of hydrogen-bond acceptors (Lipinski definition) is 3. The molecule has 3 rings (SSSR count). The Balaban J connectivity index is 2.09. The van der Waals surface area contributed by atoms with Gasteiger partial charge in [-0.1, -0.05) is 48.0 Å². The molecule has 25 heavy (non-hydrogen) atoms. The van der Waals surface area contributed by atoms with Crippen LogP contribution < -0.4 is 0 Å². The maximum Gasteiger partial charge on any atom is 0.244 e. The van der Waals surface area contributed by atoms with Gasteiger partial charge in [-0.2, -0.15) is 4.31 Å². The van der Waals surface area contributed by atoms with E-state index in [-0.39, 0.29) is 6.04 Å². The van der Waals surface area contributed by atoms with Crippen LogP contribution in [-0.4, -0.2) is 44.3 Å². The number of nitrogens with zero attached hydrogens (tertiary/aromatic N) is 2. The Bertz CT molecular complexity index is 840. The molecule has 2 aromatic rings. The minimum atomic E-state index is -3.55. The lowest BCUT2D eigenvalue weighted by Crippen LogP contribution is -2.49. The Morgan fingerprint density at radius 1 is 0.960 bits per heavy atom. The Labute approximate surface area is 151 Å². The van der Waals surface area contributed by atoms with Crippen LogP contribution in [-0.2, 0) is 10.0 Å². The molecule has 0 unspecified atom stereocenters. The van der Waals surface area contributed by atoms with E-state index < -0.39 is 10.0 Å². The summed E-state index contributed by atoms with van der Waals surface area (Å²) in [6, 6.07) is 13.7. The van der Waals surface area contributed by atoms with E-state index in [4.69, 9.17) is 0 Å². The van der Waals surface area contributed by atoms with Gasteiger partial charge in [0.25, 0.3) is 0 Å². The third-order valence-corrected chi connectivity index (χ3v) is 7.10. The lowest BCUT2D eigenvalue weighted by Gasteiger charge is -2.39. The van der Waals surface area contributed by atoms with Gasteiger partial charge in [-0.3, -0.25) is 0 Å². The molecule has 4 nitrogen and oxygen atoms in total. The fourth-order valence-electron chi connectivity index (χ4n) is 3.83. The van der Waals surface area contributed by atoms with Crippen LogP contribution in [0.15, 0.2) is 47.4 Å². The quantitative estimate of drug-likeness (QED) is 0.845. The first-order valence-electron chi connectivity index (χ1n) is 8.64. The van der Waals surface area contributed by atoms with Crippen molar-refractivity contribution in [1.82, 2.24) is 9.21 Å². The van der Waals surface area contributed by atoms with Gasteiger partial charge in [-0.05, 0) is 44.5 Å². The highest BCUT2D eigenvalue weighted by Crippen LogP contribution is 2.33. The Hall–Kier alpha value is -1.69. The van der Waals surface area contributed by atoms with E-state index in [9.17, 15) is 8.42 Å². The van der Waals surface area contributed by atoms with Crippen molar-refractivity contribution < 1.29 is 8.42 Å². The van der Waals surface area contributed by atoms with Gasteiger partial charge >= 0.3 is 0 Å². The zero-order valence-electron chi connectivity index (χ0n) is 15.4. The Morgan fingerprint density at radius 2 is 1.56 bits per heavy atom. The first kappa shape index (κ1) is 18.1. The summed E-state index contributed by atoms with van der Waals surface area (Å²) in [5, 5.41) is 0. The second-order valence-corrected chi connectivity index (χ2v) is 8.86. The SMILES string of the molecule is Cc1cc(C)c(S(=O)(=O)N2CCN(C)C[C@@H]2c2ccccc2)c(C)c1. The van der Waals surface area contributed by atoms with E-state index in [1.165, 1.54) is 0 Å². The zero-order valence-corrected chi connectivity index (χ0v) is 16.2. The Morgan fingerprint density at radius 3 is 2.16 bits per heavy atom. The minimum absolute atomic E-state index is 0.162. The smallest absolute Gasteiger partial charge is 0.244 e. The molecule has 1 heterocycles. The molecule has 0 radical (unpaired) electrons. The highest BCUT2D eigenvalue weighted by atomic mass is 32.2. The number of sulfonamides is 1. The van der Waals surface area contributed by atoms with Crippen LogP contribution >= 0.6 is 0 Å². The van der Waals surface area contributed by atoms with Crippen molar-refractivity contribution in [1.29, 1.82) is 0 Å². The summed E-state index contributed by atoms with van der Waals surface area (Å²) in [7, 11) is -1.51. The molecule has 0 aliphatic carbocycles. The van der Waals surface area contributed by atoms with Crippen LogP contribution in [0.2, 0.25) is 0 Å². The minimum Gasteiger partial charge on any atom is -0.303 e. The van der Waals surface area contributed by atoms with Crippen molar-refractivity contribution >= 4 is 10.0 Å². The molecule has 0 aromatic heterocycles. The van der Waals surface area contributed by atoms with E-state index in [0.29, 0.717) is 18.0 Å². The van der Waals surface area contributed by atoms with Gasteiger partial charge in [0, 0.05) is 19.6 Å². The van der Waals surface area contributed by atoms with Gasteiger partial charge in [0.05, 0.1) is 10.9 Å². The molecule has 1 atom stereocenters. The van der Waals surface area contributed by atoms with Gasteiger partial charge < -0.3 is 4.90 Å². The fraction of sp³-hybridized carbons (Fsp3) is 0.400. The predicted molar refractivity (Wildman–Crippen MR) is 101 cm³/mol. The second-order valence-electron chi connectivity index (χ2n) is 7.03. The molecule has 0 amide bonds. The van der Waals surface area contributed by atoms with Crippen molar-refractivity contribution in [2.75, 3.05) is 26.7 Å². The lowest BCUT2D eigenvalue weighted by atomic mass is 10.1. The van der Waals surface area contributed by atoms with Crippen molar-refractivity contribution in [3.05, 3.63) is 64.7 Å². The molecule has 0 spiro atoms. The van der Waals surface area contributed by atoms with Gasteiger partial charge in [0.2, 0.25) is 10.0 Å². The molecule has 134 valence electrons. The number of rotatable bonds is 3. The standard InChI is InChI=1S/C20H26N2O2S/c1-15-12-16(2)20(17(3)13-15)25(23,24)22-11-10-21(4)14-19(22)18-8-6-5-7-9-18/h5-9,12-13,19H,10-11,14H2,1-4H3/t19-/m1/s1. The van der Waals surface area contributed by atoms with Gasteiger partial charge in [-0.15, -0.1) is 0 Å². The number of benzene rings is 2. The van der Waals surface area contributed by atoms with Crippen molar-refractivity contribution in [2.24, 2.45) is 0 Å². The third kappa shape index (κ3) is 3.50. The summed E-state index contributed by atoms with van der Waals surface area (Å²) >= 11 is 0. The molecule has 1 aliphatic heterocycles. The fourth-order valence-corrected chi connectivity index (χ4v) is 5.84. The predicted octanol–water partition coefficient (Wildman–Crippen LogP) is 3.29. The maximum atomic E-state index is 13.5. The van der Waals surface area contributed by atoms with E-state index in [2.05, 4.69) is 4.90 Å². The van der Waals surface area contributed by atoms with E-state index >= 15 is 0 Å². The number of hydrogen-bond donors (Lipinski definition) is 0. The first-order chi connectivity index (χ1) is 11.8. The van der Waals surface area contributed by atoms with Crippen LogP contribution in [0.5, 0.6) is 0 Å². The number of likely N-dealkylation sites (N-methyl/N-ethyl adjacent to an activating group) is 1. The van der Waals surface area contributed by atoms with Crippen LogP contribution in [0.25, 0.3) is 0 Å². The Kier molecular flexibility index (Phi) is 5.00. The van der Waals surface area contributed by atoms with Crippen molar-refractivity contribution in [3.63, 3.8) is 0 Å². The monoisotopic (exact) mass is 358 g/mol. The largest absolute Gasteiger partial charge is 0.303 e. The van der Waals surface area contributed by atoms with Gasteiger partial charge in [0.1, 0.15) is 0 Å². The molecular formula is C20H26N2O2S. The third-order valence-electron chi connectivity index (χ3n) is 4.89. The average Bonchev–Trinajstić information content (AvgIpc) is 2.54. The molecule has 5 heteroatoms. The molecule has 0 bridgehead atoms. The summed E-state index contributed by atoms with van der Waals surface area (Å²) < 4.78 is 28.8. The highest BCUT2D eigenvalue weighted by molar-refractivity contribution is 7.89. The maximum absolute atomic E-state index is 13.5. The molecular weight excluding hydrogens is 332 g/mol. The molecule has 0 saturated carbocycles. The van der Waals surface area contributed by atoms with E-state index in [1.807, 2.05) is 70.3 Å². The second kappa shape index (κ2) is 6.90. The summed E-state index contributed by atoms with van der Waals surface area (Å²) in [5.41, 5.74) is 3.78. The molecule has 1 saturated heterocycles. The summed E-state index contributed by atoms with van der Waals surface area (Å²) in [6.45, 7) is 7.73. The zero-order chi connectivity index (χ0) is 18.2. The van der Waals surface area contributed by atoms with Crippen molar-refractivity contribution in [2.45, 2.75) is 31.7 Å². The molecule has 0 N–H and O–H groups in total. The molecule has 1 fully saturated rings. The van der Waals surface area contributed by atoms with Crippen LogP contribution in [0, 0.1) is 20.8 Å². The number of piperazine rings is 1. The average molecular weight is 359 g/mol. The number of aryl methyl sites for hydroxylation is 3. The topological polar surface area (TPSA) is 40.6 Å². The highest BCUT2D eigenvalue weighted by Gasteiger charge is 2.37. The van der Waals surface area contributed by atoms with Crippen molar-refractivity contribution in [3.8, 4) is 0 Å². The normalized spacial score (nSPS) is 19.9. The van der Waals surface area contributed by atoms with Gasteiger partial charge in [-0.25, -0.2) is 8.42 Å². The summed E-state index contributed by atoms with van der Waals surface area (Å²) in [4.78, 5) is 2.65. The lowest BCUT2D eigenvalue weighted by molar-refractivity contribution is 0.160. The van der Waals surface area contributed by atoms with Gasteiger partial charge in [0.15, 0.2) is 0 Å². The molecule has 1 aliphatic rings. The van der Waals surface area contributed by atoms with Crippen LogP contribution in [0.1, 0.15) is 28.3 Å². The van der Waals surface area contributed by atoms with E-state index in [1.54, 1.807) is 4.31 Å². The molecule has 2 aromatic carbocycles. The summed E-state index contributed by atoms with van der Waals surface area (Å²) in [6.07, 6.45) is 0. The summed E-state index contributed by atoms with van der Waals surface area (Å²) in [5.74, 6) is 0. The van der Waals surface area contributed by atoms with E-state index in [0.717, 1.165) is 28.8 Å². The van der Waals surface area contributed by atoms with Crippen LogP contribution in [0.4, 0.5) is 0 Å². The first-order valence-corrected chi connectivity index (χ1v) is 10.1.